The SMILES string of the molecule is O=CC=C(Cc1cccs1)c1ccccc1O. The van der Waals surface area contributed by atoms with Crippen molar-refractivity contribution in [2.45, 2.75) is 6.42 Å². The zero-order valence-corrected chi connectivity index (χ0v) is 9.98. The quantitative estimate of drug-likeness (QED) is 0.662. The molecule has 86 valence electrons. The van der Waals surface area contributed by atoms with Crippen LogP contribution in [0.1, 0.15) is 10.4 Å². The number of hydrogen-bond donors (Lipinski definition) is 1. The average Bonchev–Trinajstić information content (AvgIpc) is 2.82. The van der Waals surface area contributed by atoms with E-state index in [0.717, 1.165) is 11.9 Å². The number of para-hydroxylation sites is 1. The lowest BCUT2D eigenvalue weighted by molar-refractivity contribution is -0.104. The molecule has 17 heavy (non-hydrogen) atoms. The molecular weight excluding hydrogens is 232 g/mol. The summed E-state index contributed by atoms with van der Waals surface area (Å²) in [5, 5.41) is 11.8. The standard InChI is InChI=1S/C14H12O2S/c15-8-7-11(10-12-4-3-9-17-12)13-5-1-2-6-14(13)16/h1-9,16H,10H2. The summed E-state index contributed by atoms with van der Waals surface area (Å²) >= 11 is 1.64. The van der Waals surface area contributed by atoms with Crippen molar-refractivity contribution in [1.29, 1.82) is 0 Å². The number of carbonyl (C=O) groups is 1. The van der Waals surface area contributed by atoms with Gasteiger partial charge < -0.3 is 5.11 Å². The number of allylic oxidation sites excluding steroid dienone is 2. The van der Waals surface area contributed by atoms with Crippen LogP contribution in [0.2, 0.25) is 0 Å². The van der Waals surface area contributed by atoms with Crippen LogP contribution in [0.25, 0.3) is 5.57 Å². The molecule has 2 nitrogen and oxygen atoms in total. The van der Waals surface area contributed by atoms with E-state index in [1.165, 1.54) is 11.0 Å². The van der Waals surface area contributed by atoms with Crippen molar-refractivity contribution < 1.29 is 9.90 Å². The summed E-state index contributed by atoms with van der Waals surface area (Å²) in [6, 6.07) is 11.1. The molecular formula is C14H12O2S. The number of thiophene rings is 1. The van der Waals surface area contributed by atoms with E-state index in [4.69, 9.17) is 0 Å². The van der Waals surface area contributed by atoms with Crippen LogP contribution in [0.15, 0.2) is 47.9 Å². The first-order valence-electron chi connectivity index (χ1n) is 5.26. The smallest absolute Gasteiger partial charge is 0.143 e. The van der Waals surface area contributed by atoms with Gasteiger partial charge in [-0.2, -0.15) is 0 Å². The number of benzene rings is 1. The van der Waals surface area contributed by atoms with Gasteiger partial charge in [0, 0.05) is 16.9 Å². The molecule has 0 unspecified atom stereocenters. The normalized spacial score (nSPS) is 11.4. The van der Waals surface area contributed by atoms with Gasteiger partial charge in [0.2, 0.25) is 0 Å². The van der Waals surface area contributed by atoms with Gasteiger partial charge in [-0.05, 0) is 29.2 Å². The Bertz CT molecular complexity index is 527. The summed E-state index contributed by atoms with van der Waals surface area (Å²) in [5.41, 5.74) is 1.55. The van der Waals surface area contributed by atoms with Crippen molar-refractivity contribution in [3.8, 4) is 5.75 Å². The van der Waals surface area contributed by atoms with Gasteiger partial charge in [0.05, 0.1) is 0 Å². The number of rotatable bonds is 4. The lowest BCUT2D eigenvalue weighted by atomic mass is 10.0. The van der Waals surface area contributed by atoms with Crippen LogP contribution >= 0.6 is 11.3 Å². The zero-order chi connectivity index (χ0) is 12.1. The minimum atomic E-state index is 0.206. The van der Waals surface area contributed by atoms with Crippen LogP contribution in [0.4, 0.5) is 0 Å². The summed E-state index contributed by atoms with van der Waals surface area (Å²) in [5.74, 6) is 0.206. The first kappa shape index (κ1) is 11.6. The molecule has 1 aromatic heterocycles. The van der Waals surface area contributed by atoms with E-state index in [1.807, 2.05) is 29.6 Å². The third-order valence-corrected chi connectivity index (χ3v) is 3.34. The zero-order valence-electron chi connectivity index (χ0n) is 9.17. The molecule has 0 aliphatic carbocycles. The minimum Gasteiger partial charge on any atom is -0.507 e. The Labute approximate surface area is 104 Å². The Morgan fingerprint density at radius 2 is 2.06 bits per heavy atom. The summed E-state index contributed by atoms with van der Waals surface area (Å²) in [6.07, 6.45) is 2.93. The topological polar surface area (TPSA) is 37.3 Å². The van der Waals surface area contributed by atoms with Crippen LogP contribution in [0.3, 0.4) is 0 Å². The molecule has 1 aromatic carbocycles. The van der Waals surface area contributed by atoms with E-state index in [2.05, 4.69) is 0 Å². The maximum Gasteiger partial charge on any atom is 0.143 e. The van der Waals surface area contributed by atoms with Crippen LogP contribution < -0.4 is 0 Å². The van der Waals surface area contributed by atoms with Gasteiger partial charge in [0.1, 0.15) is 12.0 Å². The molecule has 1 heterocycles. The van der Waals surface area contributed by atoms with Crippen LogP contribution in [-0.4, -0.2) is 11.4 Å². The molecule has 2 rings (SSSR count). The number of aldehydes is 1. The van der Waals surface area contributed by atoms with Gasteiger partial charge in [-0.1, -0.05) is 24.3 Å². The Balaban J connectivity index is 2.33. The second-order valence-corrected chi connectivity index (χ2v) is 4.63. The first-order valence-corrected chi connectivity index (χ1v) is 6.14. The van der Waals surface area contributed by atoms with Crippen molar-refractivity contribution in [2.24, 2.45) is 0 Å². The number of aromatic hydroxyl groups is 1. The number of carbonyl (C=O) groups excluding carboxylic acids is 1. The fourth-order valence-electron chi connectivity index (χ4n) is 1.67. The van der Waals surface area contributed by atoms with Gasteiger partial charge in [-0.15, -0.1) is 11.3 Å². The van der Waals surface area contributed by atoms with Gasteiger partial charge in [0.15, 0.2) is 0 Å². The van der Waals surface area contributed by atoms with Gasteiger partial charge in [-0.3, -0.25) is 4.79 Å². The fourth-order valence-corrected chi connectivity index (χ4v) is 2.40. The van der Waals surface area contributed by atoms with Crippen molar-refractivity contribution in [3.05, 3.63) is 58.3 Å². The Hall–Kier alpha value is -1.87. The Morgan fingerprint density at radius 3 is 2.71 bits per heavy atom. The minimum absolute atomic E-state index is 0.206. The highest BCUT2D eigenvalue weighted by Crippen LogP contribution is 2.28. The molecule has 0 bridgehead atoms. The molecule has 0 aliphatic rings. The van der Waals surface area contributed by atoms with E-state index in [0.29, 0.717) is 12.0 Å². The van der Waals surface area contributed by atoms with E-state index in [-0.39, 0.29) is 5.75 Å². The third-order valence-electron chi connectivity index (χ3n) is 2.46. The van der Waals surface area contributed by atoms with Crippen LogP contribution in [0, 0.1) is 0 Å². The summed E-state index contributed by atoms with van der Waals surface area (Å²) in [4.78, 5) is 11.8. The molecule has 0 saturated carbocycles. The largest absolute Gasteiger partial charge is 0.507 e. The van der Waals surface area contributed by atoms with Crippen LogP contribution in [-0.2, 0) is 11.2 Å². The molecule has 0 fully saturated rings. The lowest BCUT2D eigenvalue weighted by Gasteiger charge is -2.07. The molecule has 0 aliphatic heterocycles. The third kappa shape index (κ3) is 2.82. The van der Waals surface area contributed by atoms with E-state index in [9.17, 15) is 9.90 Å². The van der Waals surface area contributed by atoms with Crippen LogP contribution in [0.5, 0.6) is 5.75 Å². The maximum absolute atomic E-state index is 10.7. The molecule has 0 amide bonds. The van der Waals surface area contributed by atoms with Gasteiger partial charge in [0.25, 0.3) is 0 Å². The van der Waals surface area contributed by atoms with Crippen molar-refractivity contribution in [2.75, 3.05) is 0 Å². The first-order chi connectivity index (χ1) is 8.31. The molecule has 0 saturated heterocycles. The second-order valence-electron chi connectivity index (χ2n) is 3.60. The predicted molar refractivity (Wildman–Crippen MR) is 70.2 cm³/mol. The highest BCUT2D eigenvalue weighted by atomic mass is 32.1. The molecule has 2 aromatic rings. The van der Waals surface area contributed by atoms with Crippen molar-refractivity contribution in [1.82, 2.24) is 0 Å². The van der Waals surface area contributed by atoms with Gasteiger partial charge in [-0.25, -0.2) is 0 Å². The summed E-state index contributed by atoms with van der Waals surface area (Å²) in [6.45, 7) is 0. The lowest BCUT2D eigenvalue weighted by Crippen LogP contribution is -1.90. The molecule has 1 N–H and O–H groups in total. The fraction of sp³-hybridized carbons (Fsp3) is 0.0714. The highest BCUT2D eigenvalue weighted by molar-refractivity contribution is 7.10. The summed E-state index contributed by atoms with van der Waals surface area (Å²) < 4.78 is 0. The molecule has 0 radical (unpaired) electrons. The molecule has 3 heteroatoms. The van der Waals surface area contributed by atoms with Crippen molar-refractivity contribution in [3.63, 3.8) is 0 Å². The van der Waals surface area contributed by atoms with E-state index < -0.39 is 0 Å². The Morgan fingerprint density at radius 1 is 1.24 bits per heavy atom. The van der Waals surface area contributed by atoms with Crippen molar-refractivity contribution >= 4 is 23.2 Å². The van der Waals surface area contributed by atoms with E-state index in [1.54, 1.807) is 23.5 Å². The molecule has 0 spiro atoms. The maximum atomic E-state index is 10.7. The number of phenolic OH excluding ortho intramolecular Hbond substituents is 1. The summed E-state index contributed by atoms with van der Waals surface area (Å²) in [7, 11) is 0. The van der Waals surface area contributed by atoms with Gasteiger partial charge >= 0.3 is 0 Å². The van der Waals surface area contributed by atoms with E-state index >= 15 is 0 Å². The number of phenols is 1. The Kier molecular flexibility index (Phi) is 3.73. The second kappa shape index (κ2) is 5.46. The molecule has 0 atom stereocenters. The number of hydrogen-bond acceptors (Lipinski definition) is 3. The predicted octanol–water partition coefficient (Wildman–Crippen LogP) is 3.28. The monoisotopic (exact) mass is 244 g/mol. The average molecular weight is 244 g/mol. The highest BCUT2D eigenvalue weighted by Gasteiger charge is 2.07.